The summed E-state index contributed by atoms with van der Waals surface area (Å²) >= 11 is 0. The molecule has 0 amide bonds. The second kappa shape index (κ2) is 13.9. The van der Waals surface area contributed by atoms with Gasteiger partial charge in [-0.3, -0.25) is 5.32 Å². The summed E-state index contributed by atoms with van der Waals surface area (Å²) < 4.78 is 4.94. The van der Waals surface area contributed by atoms with Gasteiger partial charge < -0.3 is 9.13 Å². The molecule has 12 aromatic rings. The van der Waals surface area contributed by atoms with Gasteiger partial charge in [-0.15, -0.1) is 0 Å². The van der Waals surface area contributed by atoms with Crippen LogP contribution in [-0.4, -0.2) is 19.2 Å². The summed E-state index contributed by atoms with van der Waals surface area (Å²) in [6.07, 6.45) is 0.199. The first kappa shape index (κ1) is 35.8. The molecule has 1 N–H and O–H groups in total. The lowest BCUT2D eigenvalue weighted by Gasteiger charge is -2.22. The Morgan fingerprint density at radius 3 is 1.67 bits per heavy atom. The van der Waals surface area contributed by atoms with E-state index in [1.807, 2.05) is 0 Å². The molecule has 14 rings (SSSR count). The van der Waals surface area contributed by atoms with Crippen molar-refractivity contribution in [2.75, 3.05) is 0 Å². The van der Waals surface area contributed by atoms with Crippen molar-refractivity contribution in [3.63, 3.8) is 0 Å². The molecule has 2 aromatic heterocycles. The molecule has 0 bridgehead atoms. The Labute approximate surface area is 370 Å². The van der Waals surface area contributed by atoms with Crippen LogP contribution in [0.5, 0.6) is 0 Å². The molecule has 0 aliphatic carbocycles. The zero-order valence-electron chi connectivity index (χ0n) is 34.9. The molecule has 4 heterocycles. The van der Waals surface area contributed by atoms with Gasteiger partial charge >= 0.3 is 0 Å². The van der Waals surface area contributed by atoms with Crippen LogP contribution in [0.25, 0.3) is 87.7 Å². The molecule has 10 aromatic carbocycles. The SMILES string of the molecule is c1ccc(-c2cccc(C3N4C(c5ccccc5)NC(c5ccc6c(-n7c8cc(-n9c%10ccccc%10c%10ccccc%109)ccc8c8cc9ccccc9cc87)cccc6c5)N34)c2)cc1. The molecule has 2 saturated heterocycles. The fourth-order valence-electron chi connectivity index (χ4n) is 10.9. The smallest absolute Gasteiger partial charge is 0.119 e. The highest BCUT2D eigenvalue weighted by atomic mass is 15.9. The van der Waals surface area contributed by atoms with Crippen molar-refractivity contribution in [1.29, 1.82) is 0 Å². The highest BCUT2D eigenvalue weighted by Gasteiger charge is 2.60. The lowest BCUT2D eigenvalue weighted by atomic mass is 10.0. The lowest BCUT2D eigenvalue weighted by molar-refractivity contribution is 0.314. The molecule has 5 atom stereocenters. The number of nitrogens with one attached hydrogen (secondary N) is 1. The van der Waals surface area contributed by atoms with E-state index in [4.69, 9.17) is 0 Å². The number of hydrazine groups is 1. The predicted molar refractivity (Wildman–Crippen MR) is 263 cm³/mol. The summed E-state index contributed by atoms with van der Waals surface area (Å²) in [7, 11) is 0. The summed E-state index contributed by atoms with van der Waals surface area (Å²) in [5.74, 6) is 0. The Hall–Kier alpha value is -7.80. The molecule has 5 unspecified atom stereocenters. The Morgan fingerprint density at radius 1 is 0.312 bits per heavy atom. The minimum atomic E-state index is -0.00276. The van der Waals surface area contributed by atoms with Crippen LogP contribution in [0.2, 0.25) is 0 Å². The van der Waals surface area contributed by atoms with Crippen LogP contribution in [0.3, 0.4) is 0 Å². The van der Waals surface area contributed by atoms with Crippen LogP contribution in [-0.2, 0) is 0 Å². The van der Waals surface area contributed by atoms with E-state index >= 15 is 0 Å². The normalized spacial score (nSPS) is 19.3. The van der Waals surface area contributed by atoms with Gasteiger partial charge in [0.15, 0.2) is 0 Å². The Balaban J connectivity index is 0.924. The third-order valence-corrected chi connectivity index (χ3v) is 13.9. The van der Waals surface area contributed by atoms with Crippen molar-refractivity contribution >= 4 is 65.2 Å². The first-order valence-corrected chi connectivity index (χ1v) is 22.3. The Bertz CT molecular complexity index is 3760. The maximum atomic E-state index is 4.03. The van der Waals surface area contributed by atoms with E-state index in [2.05, 4.69) is 249 Å². The average Bonchev–Trinajstić information content (AvgIpc) is 3.64. The molecule has 5 heteroatoms. The summed E-state index contributed by atoms with van der Waals surface area (Å²) in [6, 6.07) is 82.6. The number of benzene rings is 10. The van der Waals surface area contributed by atoms with E-state index in [1.165, 1.54) is 98.7 Å². The average molecular weight is 820 g/mol. The van der Waals surface area contributed by atoms with Crippen molar-refractivity contribution in [1.82, 2.24) is 24.5 Å². The summed E-state index contributed by atoms with van der Waals surface area (Å²) in [4.78, 5) is 0. The van der Waals surface area contributed by atoms with Gasteiger partial charge in [-0.05, 0) is 98.6 Å². The minimum absolute atomic E-state index is 0.00276. The van der Waals surface area contributed by atoms with E-state index in [0.29, 0.717) is 0 Å². The van der Waals surface area contributed by atoms with Crippen LogP contribution in [0.15, 0.2) is 224 Å². The zero-order chi connectivity index (χ0) is 41.9. The first-order valence-electron chi connectivity index (χ1n) is 22.3. The monoisotopic (exact) mass is 819 g/mol. The summed E-state index contributed by atoms with van der Waals surface area (Å²) in [5.41, 5.74) is 13.4. The van der Waals surface area contributed by atoms with Gasteiger partial charge in [0.2, 0.25) is 0 Å². The van der Waals surface area contributed by atoms with Gasteiger partial charge in [0.1, 0.15) is 18.5 Å². The van der Waals surface area contributed by atoms with E-state index in [9.17, 15) is 0 Å². The van der Waals surface area contributed by atoms with Crippen molar-refractivity contribution < 1.29 is 0 Å². The van der Waals surface area contributed by atoms with Crippen LogP contribution in [0, 0.1) is 0 Å². The number of hydrogen-bond acceptors (Lipinski definition) is 3. The largest absolute Gasteiger partial charge is 0.309 e. The second-order valence-corrected chi connectivity index (χ2v) is 17.4. The van der Waals surface area contributed by atoms with Gasteiger partial charge in [0.25, 0.3) is 0 Å². The molecule has 2 aliphatic heterocycles. The quantitative estimate of drug-likeness (QED) is 0.169. The molecule has 0 spiro atoms. The van der Waals surface area contributed by atoms with E-state index < -0.39 is 0 Å². The van der Waals surface area contributed by atoms with E-state index in [-0.39, 0.29) is 18.5 Å². The third-order valence-electron chi connectivity index (χ3n) is 13.9. The molecule has 64 heavy (non-hydrogen) atoms. The van der Waals surface area contributed by atoms with Crippen LogP contribution in [0.4, 0.5) is 0 Å². The van der Waals surface area contributed by atoms with Gasteiger partial charge in [-0.1, -0.05) is 170 Å². The molecular weight excluding hydrogens is 779 g/mol. The van der Waals surface area contributed by atoms with Crippen LogP contribution >= 0.6 is 0 Å². The highest BCUT2D eigenvalue weighted by Crippen LogP contribution is 2.57. The first-order chi connectivity index (χ1) is 31.7. The summed E-state index contributed by atoms with van der Waals surface area (Å²) in [5, 5.41) is 19.0. The van der Waals surface area contributed by atoms with Crippen LogP contribution in [0.1, 0.15) is 35.2 Å². The highest BCUT2D eigenvalue weighted by molar-refractivity contribution is 6.15. The number of hydrogen-bond donors (Lipinski definition) is 1. The van der Waals surface area contributed by atoms with E-state index in [1.54, 1.807) is 0 Å². The number of nitrogens with zero attached hydrogens (tertiary/aromatic N) is 4. The maximum Gasteiger partial charge on any atom is 0.119 e. The van der Waals surface area contributed by atoms with Gasteiger partial charge in [0, 0.05) is 32.6 Å². The standard InChI is InChI=1S/C59H41N5/c1-3-15-38(16-4-1)40-21-13-23-45(33-40)59-63-57(39-17-5-2-6-18-39)60-58(64(59)63)44-29-31-47-43(34-44)22-14-28-52(47)62-55-36-42-20-8-7-19-41(42)35-51(55)50-32-30-46(37-56(50)62)61-53-26-11-9-24-48(53)49-25-10-12-27-54(49)61/h1-37,57-60H. The van der Waals surface area contributed by atoms with Crippen molar-refractivity contribution in [3.8, 4) is 22.5 Å². The van der Waals surface area contributed by atoms with Crippen molar-refractivity contribution in [2.45, 2.75) is 18.5 Å². The van der Waals surface area contributed by atoms with Gasteiger partial charge in [-0.25, -0.2) is 0 Å². The summed E-state index contributed by atoms with van der Waals surface area (Å²) in [6.45, 7) is 0. The lowest BCUT2D eigenvalue weighted by Crippen LogP contribution is -2.27. The second-order valence-electron chi connectivity index (χ2n) is 17.4. The van der Waals surface area contributed by atoms with E-state index in [0.717, 1.165) is 5.69 Å². The predicted octanol–water partition coefficient (Wildman–Crippen LogP) is 14.4. The van der Waals surface area contributed by atoms with Gasteiger partial charge in [0.05, 0.1) is 27.8 Å². The Morgan fingerprint density at radius 2 is 0.891 bits per heavy atom. The number of rotatable bonds is 6. The molecule has 2 aliphatic rings. The molecular formula is C59H41N5. The fourth-order valence-corrected chi connectivity index (χ4v) is 10.9. The fraction of sp³-hybridized carbons (Fsp3) is 0.0508. The maximum absolute atomic E-state index is 4.03. The van der Waals surface area contributed by atoms with Crippen LogP contribution < -0.4 is 5.32 Å². The number of fused-ring (bicyclic) bond motifs is 9. The number of aromatic nitrogens is 2. The Kier molecular flexibility index (Phi) is 7.74. The van der Waals surface area contributed by atoms with Crippen molar-refractivity contribution in [3.05, 3.63) is 241 Å². The molecule has 302 valence electrons. The molecule has 2 fully saturated rings. The number of para-hydroxylation sites is 2. The topological polar surface area (TPSA) is 27.9 Å². The molecule has 0 radical (unpaired) electrons. The van der Waals surface area contributed by atoms with Gasteiger partial charge in [-0.2, -0.15) is 10.0 Å². The zero-order valence-corrected chi connectivity index (χ0v) is 34.9. The third kappa shape index (κ3) is 5.36. The molecule has 5 nitrogen and oxygen atoms in total. The minimum Gasteiger partial charge on any atom is -0.309 e. The van der Waals surface area contributed by atoms with Crippen molar-refractivity contribution in [2.24, 2.45) is 0 Å². The molecule has 0 saturated carbocycles.